The van der Waals surface area contributed by atoms with Crippen LogP contribution in [0.1, 0.15) is 38.1 Å². The maximum Gasteiger partial charge on any atom is 0.445 e. The van der Waals surface area contributed by atoms with Crippen LogP contribution in [0.5, 0.6) is 0 Å². The van der Waals surface area contributed by atoms with Gasteiger partial charge >= 0.3 is 23.6 Å². The zero-order valence-corrected chi connectivity index (χ0v) is 16.2. The molecule has 0 aromatic carbocycles. The van der Waals surface area contributed by atoms with Gasteiger partial charge in [0.2, 0.25) is 5.01 Å². The first-order valence-corrected chi connectivity index (χ1v) is 9.35. The Labute approximate surface area is 159 Å². The largest absolute Gasteiger partial charge is 0.622 e. The number of halogens is 3. The molecule has 27 heavy (non-hydrogen) atoms. The highest BCUT2D eigenvalue weighted by Crippen LogP contribution is 2.39. The Balaban J connectivity index is 0.000000313. The van der Waals surface area contributed by atoms with E-state index in [2.05, 4.69) is 17.1 Å². The number of alkyl halides is 3. The van der Waals surface area contributed by atoms with Crippen LogP contribution >= 0.6 is 11.3 Å². The van der Waals surface area contributed by atoms with Gasteiger partial charge in [-0.25, -0.2) is 4.90 Å². The van der Waals surface area contributed by atoms with Crippen molar-refractivity contribution in [2.45, 2.75) is 51.7 Å². The lowest BCUT2D eigenvalue weighted by Gasteiger charge is -2.39. The molecule has 8 nitrogen and oxygen atoms in total. The zero-order valence-electron chi connectivity index (χ0n) is 15.4. The summed E-state index contributed by atoms with van der Waals surface area (Å²) in [6.45, 7) is 4.45. The number of nitrogens with zero attached hydrogens (tertiary/aromatic N) is 4. The van der Waals surface area contributed by atoms with Crippen molar-refractivity contribution in [1.82, 2.24) is 19.7 Å². The highest BCUT2D eigenvalue weighted by atomic mass is 32.1. The Morgan fingerprint density at radius 1 is 1.41 bits per heavy atom. The number of hydrogen-bond acceptors (Lipinski definition) is 8. The third-order valence-electron chi connectivity index (χ3n) is 4.18. The second-order valence-corrected chi connectivity index (χ2v) is 7.46. The van der Waals surface area contributed by atoms with Crippen molar-refractivity contribution in [3.63, 3.8) is 0 Å². The van der Waals surface area contributed by atoms with E-state index in [-0.39, 0.29) is 29.6 Å². The zero-order chi connectivity index (χ0) is 20.2. The van der Waals surface area contributed by atoms with Crippen LogP contribution in [0.3, 0.4) is 0 Å². The van der Waals surface area contributed by atoms with Gasteiger partial charge in [0.15, 0.2) is 0 Å². The number of hydrogen-bond donors (Lipinski definition) is 0. The SMILES string of the molecule is CC(=O)OC1N(C)CC[N+]1([O-])c1nnc(C(F)(F)F)s1.CC1CCCCO1. The minimum atomic E-state index is -4.66. The summed E-state index contributed by atoms with van der Waals surface area (Å²) in [5.41, 5.74) is 0. The molecule has 0 bridgehead atoms. The number of ether oxygens (including phenoxy) is 2. The van der Waals surface area contributed by atoms with E-state index in [0.717, 1.165) is 13.5 Å². The van der Waals surface area contributed by atoms with Crippen LogP contribution < -0.4 is 4.65 Å². The summed E-state index contributed by atoms with van der Waals surface area (Å²) in [6.07, 6.45) is -1.47. The molecule has 2 fully saturated rings. The molecule has 2 saturated heterocycles. The van der Waals surface area contributed by atoms with E-state index in [1.807, 2.05) is 0 Å². The smallest absolute Gasteiger partial charge is 0.445 e. The first kappa shape index (κ1) is 22.0. The Bertz CT molecular complexity index is 639. The van der Waals surface area contributed by atoms with Gasteiger partial charge in [-0.3, -0.25) is 9.44 Å². The van der Waals surface area contributed by atoms with E-state index in [0.29, 0.717) is 6.10 Å². The molecule has 3 heterocycles. The van der Waals surface area contributed by atoms with E-state index in [1.165, 1.54) is 31.2 Å². The molecule has 1 aromatic rings. The van der Waals surface area contributed by atoms with Crippen LogP contribution in [0.25, 0.3) is 0 Å². The molecule has 0 amide bonds. The van der Waals surface area contributed by atoms with Crippen LogP contribution in [0.2, 0.25) is 0 Å². The summed E-state index contributed by atoms with van der Waals surface area (Å²) in [5, 5.41) is 17.4. The lowest BCUT2D eigenvalue weighted by atomic mass is 10.1. The summed E-state index contributed by atoms with van der Waals surface area (Å²) in [6, 6.07) is 0. The predicted octanol–water partition coefficient (Wildman–Crippen LogP) is 2.73. The molecule has 154 valence electrons. The first-order chi connectivity index (χ1) is 12.5. The monoisotopic (exact) mass is 412 g/mol. The van der Waals surface area contributed by atoms with Gasteiger partial charge < -0.3 is 14.7 Å². The number of aromatic nitrogens is 2. The van der Waals surface area contributed by atoms with Gasteiger partial charge in [-0.05, 0) is 44.6 Å². The maximum atomic E-state index is 12.7. The molecule has 3 unspecified atom stereocenters. The molecule has 0 aliphatic carbocycles. The van der Waals surface area contributed by atoms with Crippen LogP contribution in [0, 0.1) is 5.21 Å². The predicted molar refractivity (Wildman–Crippen MR) is 92.4 cm³/mol. The summed E-state index contributed by atoms with van der Waals surface area (Å²) in [4.78, 5) is 12.5. The quantitative estimate of drug-likeness (QED) is 0.419. The number of carbonyl (C=O) groups excluding carboxylic acids is 1. The van der Waals surface area contributed by atoms with Gasteiger partial charge in [-0.1, -0.05) is 5.10 Å². The number of rotatable bonds is 2. The summed E-state index contributed by atoms with van der Waals surface area (Å²) < 4.78 is 46.4. The molecular formula is C15H23F3N4O4S. The van der Waals surface area contributed by atoms with Crippen molar-refractivity contribution in [3.05, 3.63) is 10.2 Å². The second kappa shape index (κ2) is 8.78. The fraction of sp³-hybridized carbons (Fsp3) is 0.800. The Kier molecular flexibility index (Phi) is 7.14. The second-order valence-electron chi connectivity index (χ2n) is 6.50. The average Bonchev–Trinajstić information content (AvgIpc) is 3.18. The van der Waals surface area contributed by atoms with Gasteiger partial charge in [0, 0.05) is 13.5 Å². The highest BCUT2D eigenvalue weighted by molar-refractivity contribution is 7.15. The van der Waals surface area contributed by atoms with Crippen molar-refractivity contribution < 1.29 is 27.4 Å². The number of esters is 1. The van der Waals surface area contributed by atoms with E-state index in [4.69, 9.17) is 9.47 Å². The lowest BCUT2D eigenvalue weighted by molar-refractivity contribution is -0.161. The molecule has 3 atom stereocenters. The third kappa shape index (κ3) is 5.57. The van der Waals surface area contributed by atoms with Crippen molar-refractivity contribution in [2.75, 3.05) is 26.7 Å². The minimum absolute atomic E-state index is 0.0685. The Morgan fingerprint density at radius 2 is 2.11 bits per heavy atom. The topological polar surface area (TPSA) is 87.6 Å². The number of hydroxylamine groups is 2. The van der Waals surface area contributed by atoms with Gasteiger partial charge in [0.25, 0.3) is 0 Å². The number of carbonyl (C=O) groups is 1. The van der Waals surface area contributed by atoms with Gasteiger partial charge in [-0.2, -0.15) is 13.2 Å². The lowest BCUT2D eigenvalue weighted by Crippen LogP contribution is -2.53. The highest BCUT2D eigenvalue weighted by Gasteiger charge is 2.47. The fourth-order valence-electron chi connectivity index (χ4n) is 2.74. The van der Waals surface area contributed by atoms with Crippen LogP contribution in [-0.4, -0.2) is 60.3 Å². The fourth-order valence-corrected chi connectivity index (χ4v) is 3.53. The van der Waals surface area contributed by atoms with Crippen molar-refractivity contribution >= 4 is 22.4 Å². The molecule has 0 saturated carbocycles. The van der Waals surface area contributed by atoms with Gasteiger partial charge in [0.05, 0.1) is 12.6 Å². The summed E-state index contributed by atoms with van der Waals surface area (Å²) >= 11 is 0.163. The standard InChI is InChI=1S/C9H11F3N4O3S.C6H12O/c1-5(17)19-8-15(2)3-4-16(8,18)7-14-13-6(20-7)9(10,11)12;1-6-4-2-3-5-7-6/h8H,3-4H2,1-2H3;6H,2-5H2,1H3. The van der Waals surface area contributed by atoms with Crippen molar-refractivity contribution in [1.29, 1.82) is 0 Å². The minimum Gasteiger partial charge on any atom is -0.622 e. The van der Waals surface area contributed by atoms with Crippen LogP contribution in [-0.2, 0) is 20.4 Å². The normalized spacial score (nSPS) is 29.1. The third-order valence-corrected chi connectivity index (χ3v) is 5.26. The molecule has 0 N–H and O–H groups in total. The van der Waals surface area contributed by atoms with Crippen LogP contribution in [0.15, 0.2) is 0 Å². The van der Waals surface area contributed by atoms with Crippen molar-refractivity contribution in [3.8, 4) is 0 Å². The van der Waals surface area contributed by atoms with Gasteiger partial charge in [-0.15, -0.1) is 5.10 Å². The van der Waals surface area contributed by atoms with E-state index in [1.54, 1.807) is 0 Å². The van der Waals surface area contributed by atoms with E-state index in [9.17, 15) is 23.2 Å². The summed E-state index contributed by atoms with van der Waals surface area (Å²) in [5.74, 6) is -0.692. The molecule has 0 radical (unpaired) electrons. The van der Waals surface area contributed by atoms with E-state index < -0.39 is 28.2 Å². The van der Waals surface area contributed by atoms with Crippen LogP contribution in [0.4, 0.5) is 18.3 Å². The number of quaternary nitrogens is 1. The molecule has 3 rings (SSSR count). The summed E-state index contributed by atoms with van der Waals surface area (Å²) in [7, 11) is 1.54. The first-order valence-electron chi connectivity index (χ1n) is 8.53. The van der Waals surface area contributed by atoms with Crippen molar-refractivity contribution in [2.24, 2.45) is 0 Å². The molecule has 12 heteroatoms. The average molecular weight is 412 g/mol. The molecule has 2 aliphatic heterocycles. The molecule has 0 spiro atoms. The Morgan fingerprint density at radius 3 is 2.56 bits per heavy atom. The van der Waals surface area contributed by atoms with E-state index >= 15 is 0 Å². The molecular weight excluding hydrogens is 389 g/mol. The number of likely N-dealkylation sites (N-methyl/N-ethyl adjacent to an activating group) is 1. The maximum absolute atomic E-state index is 12.7. The molecule has 2 aliphatic rings. The molecule has 1 aromatic heterocycles. The Hall–Kier alpha value is -1.34. The van der Waals surface area contributed by atoms with Gasteiger partial charge in [0.1, 0.15) is 6.54 Å².